The molecule has 0 heterocycles. The molecule has 32 heavy (non-hydrogen) atoms. The van der Waals surface area contributed by atoms with Crippen LogP contribution in [0.15, 0.2) is 77.3 Å². The third-order valence-electron chi connectivity index (χ3n) is 4.99. The molecule has 3 aromatic carbocycles. The molecule has 0 fully saturated rings. The Balaban J connectivity index is 1.78. The lowest BCUT2D eigenvalue weighted by molar-refractivity contribution is 0.0954. The van der Waals surface area contributed by atoms with Crippen molar-refractivity contribution in [1.82, 2.24) is 5.32 Å². The molecule has 0 radical (unpaired) electrons. The van der Waals surface area contributed by atoms with Crippen molar-refractivity contribution in [3.05, 3.63) is 94.0 Å². The second-order valence-electron chi connectivity index (χ2n) is 7.36. The van der Waals surface area contributed by atoms with Crippen LogP contribution in [0.4, 0.5) is 5.69 Å². The number of hydrogen-bond donors (Lipinski definition) is 1. The maximum absolute atomic E-state index is 13.3. The zero-order valence-electron chi connectivity index (χ0n) is 18.3. The van der Waals surface area contributed by atoms with Crippen LogP contribution in [0.1, 0.15) is 39.6 Å². The molecule has 0 atom stereocenters. The van der Waals surface area contributed by atoms with Gasteiger partial charge in [-0.1, -0.05) is 65.3 Å². The average Bonchev–Trinajstić information content (AvgIpc) is 2.83. The van der Waals surface area contributed by atoms with Gasteiger partial charge in [0.25, 0.3) is 11.8 Å². The van der Waals surface area contributed by atoms with Gasteiger partial charge in [0.05, 0.1) is 23.4 Å². The van der Waals surface area contributed by atoms with Gasteiger partial charge < -0.3 is 15.0 Å². The summed E-state index contributed by atoms with van der Waals surface area (Å²) < 4.78 is 6.56. The highest BCUT2D eigenvalue weighted by molar-refractivity contribution is 9.10. The van der Waals surface area contributed by atoms with E-state index in [1.54, 1.807) is 37.4 Å². The van der Waals surface area contributed by atoms with Crippen LogP contribution < -0.4 is 15.0 Å². The van der Waals surface area contributed by atoms with E-state index < -0.39 is 0 Å². The number of ether oxygens (including phenoxy) is 1. The monoisotopic (exact) mass is 494 g/mol. The van der Waals surface area contributed by atoms with Crippen molar-refractivity contribution in [2.24, 2.45) is 0 Å². The first kappa shape index (κ1) is 23.5. The van der Waals surface area contributed by atoms with E-state index in [0.29, 0.717) is 35.7 Å². The van der Waals surface area contributed by atoms with Gasteiger partial charge in [0.2, 0.25) is 0 Å². The molecule has 2 amide bonds. The summed E-state index contributed by atoms with van der Waals surface area (Å²) in [5, 5.41) is 2.96. The first-order valence-electron chi connectivity index (χ1n) is 10.6. The summed E-state index contributed by atoms with van der Waals surface area (Å²) in [5.41, 5.74) is 2.58. The van der Waals surface area contributed by atoms with E-state index in [1.165, 1.54) is 4.90 Å². The van der Waals surface area contributed by atoms with Gasteiger partial charge in [-0.3, -0.25) is 9.59 Å². The number of benzene rings is 3. The summed E-state index contributed by atoms with van der Waals surface area (Å²) in [5.74, 6) is 0.0616. The Kier molecular flexibility index (Phi) is 8.45. The third kappa shape index (κ3) is 5.98. The standard InChI is InChI=1S/C26H27BrN2O3/c1-3-17-32-24-14-13-20(27)18-22(24)26(31)29(2)23-12-8-7-11-21(23)25(30)28-16-15-19-9-5-4-6-10-19/h4-14,18H,3,15-17H2,1-2H3,(H,28,30). The molecule has 5 nitrogen and oxygen atoms in total. The van der Waals surface area contributed by atoms with Gasteiger partial charge in [-0.15, -0.1) is 0 Å². The number of hydrogen-bond acceptors (Lipinski definition) is 3. The topological polar surface area (TPSA) is 58.6 Å². The summed E-state index contributed by atoms with van der Waals surface area (Å²) in [4.78, 5) is 27.7. The number of halogens is 1. The van der Waals surface area contributed by atoms with Gasteiger partial charge in [-0.05, 0) is 48.7 Å². The summed E-state index contributed by atoms with van der Waals surface area (Å²) in [6, 6.07) is 22.5. The van der Waals surface area contributed by atoms with E-state index in [4.69, 9.17) is 4.74 Å². The molecule has 0 saturated carbocycles. The van der Waals surface area contributed by atoms with Gasteiger partial charge in [0, 0.05) is 18.1 Å². The van der Waals surface area contributed by atoms with Crippen LogP contribution in [0.3, 0.4) is 0 Å². The van der Waals surface area contributed by atoms with E-state index >= 15 is 0 Å². The van der Waals surface area contributed by atoms with Crippen molar-refractivity contribution in [1.29, 1.82) is 0 Å². The SMILES string of the molecule is CCCOc1ccc(Br)cc1C(=O)N(C)c1ccccc1C(=O)NCCc1ccccc1. The maximum Gasteiger partial charge on any atom is 0.261 e. The predicted octanol–water partition coefficient (Wildman–Crippen LogP) is 5.49. The molecule has 0 spiro atoms. The fourth-order valence-electron chi connectivity index (χ4n) is 3.32. The van der Waals surface area contributed by atoms with Crippen molar-refractivity contribution in [2.75, 3.05) is 25.1 Å². The quantitative estimate of drug-likeness (QED) is 0.427. The highest BCUT2D eigenvalue weighted by atomic mass is 79.9. The van der Waals surface area contributed by atoms with Crippen LogP contribution in [0, 0.1) is 0 Å². The number of para-hydroxylation sites is 1. The molecule has 0 aliphatic carbocycles. The van der Waals surface area contributed by atoms with Gasteiger partial charge >= 0.3 is 0 Å². The fraction of sp³-hybridized carbons (Fsp3) is 0.231. The highest BCUT2D eigenvalue weighted by Gasteiger charge is 2.22. The van der Waals surface area contributed by atoms with E-state index in [2.05, 4.69) is 21.2 Å². The van der Waals surface area contributed by atoms with Crippen LogP contribution in [-0.4, -0.2) is 32.0 Å². The van der Waals surface area contributed by atoms with Crippen molar-refractivity contribution in [3.63, 3.8) is 0 Å². The summed E-state index contributed by atoms with van der Waals surface area (Å²) in [6.07, 6.45) is 1.57. The summed E-state index contributed by atoms with van der Waals surface area (Å²) in [6.45, 7) is 3.04. The molecular weight excluding hydrogens is 468 g/mol. The zero-order valence-corrected chi connectivity index (χ0v) is 19.9. The van der Waals surface area contributed by atoms with Crippen LogP contribution in [-0.2, 0) is 6.42 Å². The molecule has 0 bridgehead atoms. The highest BCUT2D eigenvalue weighted by Crippen LogP contribution is 2.28. The summed E-state index contributed by atoms with van der Waals surface area (Å²) in [7, 11) is 1.67. The smallest absolute Gasteiger partial charge is 0.261 e. The Labute approximate surface area is 197 Å². The third-order valence-corrected chi connectivity index (χ3v) is 5.48. The number of amides is 2. The predicted molar refractivity (Wildman–Crippen MR) is 132 cm³/mol. The van der Waals surface area contributed by atoms with Crippen molar-refractivity contribution >= 4 is 33.4 Å². The molecule has 0 aromatic heterocycles. The number of rotatable bonds is 9. The second-order valence-corrected chi connectivity index (χ2v) is 8.28. The minimum absolute atomic E-state index is 0.215. The maximum atomic E-state index is 13.3. The van der Waals surface area contributed by atoms with Crippen molar-refractivity contribution < 1.29 is 14.3 Å². The van der Waals surface area contributed by atoms with E-state index in [-0.39, 0.29) is 11.8 Å². The Morgan fingerprint density at radius 2 is 1.69 bits per heavy atom. The molecular formula is C26H27BrN2O3. The molecule has 3 rings (SSSR count). The lowest BCUT2D eigenvalue weighted by atomic mass is 10.1. The van der Waals surface area contributed by atoms with E-state index in [9.17, 15) is 9.59 Å². The minimum atomic E-state index is -0.248. The Hall–Kier alpha value is -3.12. The second kappa shape index (κ2) is 11.5. The molecule has 0 saturated heterocycles. The molecule has 0 aliphatic heterocycles. The van der Waals surface area contributed by atoms with Gasteiger partial charge in [-0.25, -0.2) is 0 Å². The molecule has 0 aliphatic rings. The van der Waals surface area contributed by atoms with Gasteiger partial charge in [-0.2, -0.15) is 0 Å². The normalized spacial score (nSPS) is 10.5. The van der Waals surface area contributed by atoms with Crippen LogP contribution >= 0.6 is 15.9 Å². The average molecular weight is 495 g/mol. The van der Waals surface area contributed by atoms with Crippen LogP contribution in [0.2, 0.25) is 0 Å². The number of anilines is 1. The molecule has 166 valence electrons. The lowest BCUT2D eigenvalue weighted by Crippen LogP contribution is -2.31. The number of nitrogens with zero attached hydrogens (tertiary/aromatic N) is 1. The summed E-state index contributed by atoms with van der Waals surface area (Å²) >= 11 is 3.43. The minimum Gasteiger partial charge on any atom is -0.493 e. The first-order valence-corrected chi connectivity index (χ1v) is 11.4. The van der Waals surface area contributed by atoms with E-state index in [1.807, 2.05) is 49.4 Å². The zero-order chi connectivity index (χ0) is 22.9. The van der Waals surface area contributed by atoms with Gasteiger partial charge in [0.15, 0.2) is 0 Å². The van der Waals surface area contributed by atoms with E-state index in [0.717, 1.165) is 22.9 Å². The number of carbonyl (C=O) groups is 2. The Morgan fingerprint density at radius 3 is 2.44 bits per heavy atom. The number of carbonyl (C=O) groups excluding carboxylic acids is 2. The van der Waals surface area contributed by atoms with Gasteiger partial charge in [0.1, 0.15) is 5.75 Å². The Morgan fingerprint density at radius 1 is 0.969 bits per heavy atom. The van der Waals surface area contributed by atoms with Crippen molar-refractivity contribution in [2.45, 2.75) is 19.8 Å². The lowest BCUT2D eigenvalue weighted by Gasteiger charge is -2.22. The molecule has 3 aromatic rings. The fourth-order valence-corrected chi connectivity index (χ4v) is 3.68. The molecule has 6 heteroatoms. The Bertz CT molecular complexity index is 1070. The van der Waals surface area contributed by atoms with Crippen molar-refractivity contribution in [3.8, 4) is 5.75 Å². The molecule has 1 N–H and O–H groups in total. The first-order chi connectivity index (χ1) is 15.5. The largest absolute Gasteiger partial charge is 0.493 e. The number of nitrogens with one attached hydrogen (secondary N) is 1. The van der Waals surface area contributed by atoms with Crippen LogP contribution in [0.25, 0.3) is 0 Å². The molecule has 0 unspecified atom stereocenters. The van der Waals surface area contributed by atoms with Crippen LogP contribution in [0.5, 0.6) is 5.75 Å².